The van der Waals surface area contributed by atoms with Crippen LogP contribution in [-0.2, 0) is 11.3 Å². The van der Waals surface area contributed by atoms with E-state index < -0.39 is 0 Å². The lowest BCUT2D eigenvalue weighted by Crippen LogP contribution is -2.34. The van der Waals surface area contributed by atoms with Gasteiger partial charge in [0.05, 0.1) is 20.3 Å². The maximum atomic E-state index is 5.68. The van der Waals surface area contributed by atoms with E-state index in [0.717, 1.165) is 11.3 Å². The maximum absolute atomic E-state index is 5.68. The number of hydrogen-bond donors (Lipinski definition) is 2. The summed E-state index contributed by atoms with van der Waals surface area (Å²) in [7, 11) is 3.29. The molecule has 0 amide bonds. The summed E-state index contributed by atoms with van der Waals surface area (Å²) in [6.45, 7) is 1.82. The first-order valence-corrected chi connectivity index (χ1v) is 5.42. The molecule has 0 spiro atoms. The highest BCUT2D eigenvalue weighted by Crippen LogP contribution is 2.11. The fourth-order valence-corrected chi connectivity index (χ4v) is 1.24. The van der Waals surface area contributed by atoms with Crippen molar-refractivity contribution >= 4 is 5.96 Å². The molecule has 0 aliphatic carbocycles. The lowest BCUT2D eigenvalue weighted by Gasteiger charge is -2.05. The normalized spacial score (nSPS) is 11.3. The van der Waals surface area contributed by atoms with Crippen molar-refractivity contribution in [2.24, 2.45) is 10.7 Å². The molecule has 5 nitrogen and oxygen atoms in total. The molecule has 0 aromatic heterocycles. The number of methoxy groups -OCH3 is 2. The van der Waals surface area contributed by atoms with Gasteiger partial charge in [0, 0.05) is 13.7 Å². The zero-order chi connectivity index (χ0) is 12.5. The van der Waals surface area contributed by atoms with Gasteiger partial charge >= 0.3 is 0 Å². The summed E-state index contributed by atoms with van der Waals surface area (Å²) in [6, 6.07) is 7.73. The highest BCUT2D eigenvalue weighted by Gasteiger charge is 1.94. The molecule has 17 heavy (non-hydrogen) atoms. The number of guanidine groups is 1. The van der Waals surface area contributed by atoms with Gasteiger partial charge in [0.2, 0.25) is 0 Å². The first kappa shape index (κ1) is 13.3. The van der Waals surface area contributed by atoms with E-state index in [1.807, 2.05) is 24.3 Å². The predicted octanol–water partition coefficient (Wildman–Crippen LogP) is 0.746. The molecule has 0 fully saturated rings. The van der Waals surface area contributed by atoms with Crippen LogP contribution in [-0.4, -0.2) is 33.3 Å². The lowest BCUT2D eigenvalue weighted by atomic mass is 10.2. The number of benzene rings is 1. The van der Waals surface area contributed by atoms with E-state index in [1.165, 1.54) is 0 Å². The van der Waals surface area contributed by atoms with Crippen LogP contribution >= 0.6 is 0 Å². The Kier molecular flexibility index (Phi) is 5.88. The van der Waals surface area contributed by atoms with Crippen molar-refractivity contribution in [1.29, 1.82) is 0 Å². The van der Waals surface area contributed by atoms with Crippen molar-refractivity contribution in [2.45, 2.75) is 6.54 Å². The molecule has 0 bridgehead atoms. The molecule has 0 unspecified atom stereocenters. The monoisotopic (exact) mass is 237 g/mol. The zero-order valence-electron chi connectivity index (χ0n) is 10.3. The van der Waals surface area contributed by atoms with Crippen LogP contribution in [0.2, 0.25) is 0 Å². The lowest BCUT2D eigenvalue weighted by molar-refractivity contribution is 0.204. The second kappa shape index (κ2) is 7.51. The molecule has 0 aliphatic rings. The average molecular weight is 237 g/mol. The van der Waals surface area contributed by atoms with Crippen LogP contribution in [0.15, 0.2) is 29.3 Å². The van der Waals surface area contributed by atoms with Crippen LogP contribution in [0, 0.1) is 0 Å². The summed E-state index contributed by atoms with van der Waals surface area (Å²) < 4.78 is 9.97. The van der Waals surface area contributed by atoms with Gasteiger partial charge in [-0.15, -0.1) is 0 Å². The minimum atomic E-state index is 0.429. The number of ether oxygens (including phenoxy) is 2. The Morgan fingerprint density at radius 2 is 2.00 bits per heavy atom. The van der Waals surface area contributed by atoms with Crippen molar-refractivity contribution in [2.75, 3.05) is 27.4 Å². The second-order valence-corrected chi connectivity index (χ2v) is 3.47. The third-order valence-corrected chi connectivity index (χ3v) is 2.20. The Labute approximate surface area is 102 Å². The van der Waals surface area contributed by atoms with Crippen molar-refractivity contribution in [3.05, 3.63) is 29.8 Å². The third-order valence-electron chi connectivity index (χ3n) is 2.20. The number of nitrogens with two attached hydrogens (primary N) is 1. The first-order chi connectivity index (χ1) is 8.26. The molecule has 1 aromatic carbocycles. The van der Waals surface area contributed by atoms with Gasteiger partial charge in [-0.1, -0.05) is 12.1 Å². The van der Waals surface area contributed by atoms with Crippen molar-refractivity contribution in [3.63, 3.8) is 0 Å². The molecule has 1 rings (SSSR count). The van der Waals surface area contributed by atoms with Gasteiger partial charge < -0.3 is 20.5 Å². The second-order valence-electron chi connectivity index (χ2n) is 3.47. The number of nitrogens with zero attached hydrogens (tertiary/aromatic N) is 1. The van der Waals surface area contributed by atoms with E-state index in [9.17, 15) is 0 Å². The van der Waals surface area contributed by atoms with Crippen LogP contribution in [0.5, 0.6) is 5.75 Å². The molecule has 94 valence electrons. The SMILES string of the molecule is COCCNC(N)=NCc1ccc(OC)cc1. The summed E-state index contributed by atoms with van der Waals surface area (Å²) in [5.41, 5.74) is 6.76. The van der Waals surface area contributed by atoms with Gasteiger partial charge in [-0.25, -0.2) is 4.99 Å². The van der Waals surface area contributed by atoms with E-state index in [1.54, 1.807) is 14.2 Å². The van der Waals surface area contributed by atoms with Crippen molar-refractivity contribution in [1.82, 2.24) is 5.32 Å². The molecule has 0 saturated carbocycles. The van der Waals surface area contributed by atoms with E-state index in [2.05, 4.69) is 10.3 Å². The van der Waals surface area contributed by atoms with E-state index in [0.29, 0.717) is 25.7 Å². The summed E-state index contributed by atoms with van der Waals surface area (Å²) in [5.74, 6) is 1.27. The van der Waals surface area contributed by atoms with Gasteiger partial charge in [-0.3, -0.25) is 0 Å². The summed E-state index contributed by atoms with van der Waals surface area (Å²) >= 11 is 0. The Morgan fingerprint density at radius 1 is 1.29 bits per heavy atom. The average Bonchev–Trinajstić information content (AvgIpc) is 2.37. The van der Waals surface area contributed by atoms with Gasteiger partial charge in [0.1, 0.15) is 5.75 Å². The summed E-state index contributed by atoms with van der Waals surface area (Å²) in [5, 5.41) is 2.95. The standard InChI is InChI=1S/C12H19N3O2/c1-16-8-7-14-12(13)15-9-10-3-5-11(17-2)6-4-10/h3-6H,7-9H2,1-2H3,(H3,13,14,15). The molecule has 0 atom stereocenters. The first-order valence-electron chi connectivity index (χ1n) is 5.42. The topological polar surface area (TPSA) is 68.9 Å². The highest BCUT2D eigenvalue weighted by atomic mass is 16.5. The quantitative estimate of drug-likeness (QED) is 0.435. The van der Waals surface area contributed by atoms with E-state index in [-0.39, 0.29) is 0 Å². The van der Waals surface area contributed by atoms with Crippen LogP contribution < -0.4 is 15.8 Å². The van der Waals surface area contributed by atoms with Gasteiger partial charge in [0.25, 0.3) is 0 Å². The van der Waals surface area contributed by atoms with Crippen molar-refractivity contribution in [3.8, 4) is 5.75 Å². The van der Waals surface area contributed by atoms with Crippen LogP contribution in [0.1, 0.15) is 5.56 Å². The minimum absolute atomic E-state index is 0.429. The predicted molar refractivity (Wildman–Crippen MR) is 68.2 cm³/mol. The molecule has 5 heteroatoms. The zero-order valence-corrected chi connectivity index (χ0v) is 10.3. The number of hydrogen-bond acceptors (Lipinski definition) is 3. The molecule has 1 aromatic rings. The molecule has 0 heterocycles. The highest BCUT2D eigenvalue weighted by molar-refractivity contribution is 5.77. The van der Waals surface area contributed by atoms with Crippen LogP contribution in [0.3, 0.4) is 0 Å². The number of nitrogens with one attached hydrogen (secondary N) is 1. The largest absolute Gasteiger partial charge is 0.497 e. The van der Waals surface area contributed by atoms with E-state index >= 15 is 0 Å². The Hall–Kier alpha value is -1.75. The summed E-state index contributed by atoms with van der Waals surface area (Å²) in [4.78, 5) is 4.21. The Balaban J connectivity index is 2.39. The third kappa shape index (κ3) is 5.21. The molecule has 3 N–H and O–H groups in total. The molecule has 0 aliphatic heterocycles. The fraction of sp³-hybridized carbons (Fsp3) is 0.417. The molecule has 0 radical (unpaired) electrons. The minimum Gasteiger partial charge on any atom is -0.497 e. The summed E-state index contributed by atoms with van der Waals surface area (Å²) in [6.07, 6.45) is 0. The maximum Gasteiger partial charge on any atom is 0.188 e. The van der Waals surface area contributed by atoms with Crippen LogP contribution in [0.25, 0.3) is 0 Å². The fourth-order valence-electron chi connectivity index (χ4n) is 1.24. The molecule has 0 saturated heterocycles. The van der Waals surface area contributed by atoms with Crippen molar-refractivity contribution < 1.29 is 9.47 Å². The Morgan fingerprint density at radius 3 is 2.59 bits per heavy atom. The van der Waals surface area contributed by atoms with Gasteiger partial charge in [-0.05, 0) is 17.7 Å². The number of rotatable bonds is 6. The van der Waals surface area contributed by atoms with E-state index in [4.69, 9.17) is 15.2 Å². The molecular formula is C12H19N3O2. The smallest absolute Gasteiger partial charge is 0.188 e. The van der Waals surface area contributed by atoms with Gasteiger partial charge in [0.15, 0.2) is 5.96 Å². The van der Waals surface area contributed by atoms with Crippen LogP contribution in [0.4, 0.5) is 0 Å². The molecular weight excluding hydrogens is 218 g/mol. The number of aliphatic imine (C=N–C) groups is 1. The Bertz CT molecular complexity index is 349. The van der Waals surface area contributed by atoms with Gasteiger partial charge in [-0.2, -0.15) is 0 Å².